The summed E-state index contributed by atoms with van der Waals surface area (Å²) in [7, 11) is 2.24. The van der Waals surface area contributed by atoms with Gasteiger partial charge in [0, 0.05) is 37.3 Å². The number of rotatable bonds is 6. The fourth-order valence-electron chi connectivity index (χ4n) is 3.47. The normalized spacial score (nSPS) is 29.3. The molecule has 2 fully saturated rings. The molecule has 3 nitrogen and oxygen atoms in total. The Morgan fingerprint density at radius 2 is 1.83 bits per heavy atom. The molecule has 3 heteroatoms. The SMILES string of the molecule is CC(C)N(C)CCCN1CC2CC1CN2C(C)C. The number of fused-ring (bicyclic) bond motifs is 2. The highest BCUT2D eigenvalue weighted by atomic mass is 15.4. The van der Waals surface area contributed by atoms with E-state index in [1.54, 1.807) is 0 Å². The Morgan fingerprint density at radius 1 is 1.11 bits per heavy atom. The molecule has 0 spiro atoms. The maximum atomic E-state index is 2.73. The molecule has 0 amide bonds. The maximum absolute atomic E-state index is 2.73. The molecule has 2 heterocycles. The van der Waals surface area contributed by atoms with E-state index in [9.17, 15) is 0 Å². The van der Waals surface area contributed by atoms with E-state index in [1.807, 2.05) is 0 Å². The van der Waals surface area contributed by atoms with Crippen LogP contribution in [-0.4, -0.2) is 72.1 Å². The van der Waals surface area contributed by atoms with Gasteiger partial charge >= 0.3 is 0 Å². The van der Waals surface area contributed by atoms with E-state index in [-0.39, 0.29) is 0 Å². The summed E-state index contributed by atoms with van der Waals surface area (Å²) >= 11 is 0. The molecule has 2 rings (SSSR count). The van der Waals surface area contributed by atoms with E-state index in [1.165, 1.54) is 39.0 Å². The first kappa shape index (κ1) is 14.3. The van der Waals surface area contributed by atoms with Crippen LogP contribution in [0.25, 0.3) is 0 Å². The predicted molar refractivity (Wildman–Crippen MR) is 78.0 cm³/mol. The Bertz CT molecular complexity index is 264. The first-order valence-electron chi connectivity index (χ1n) is 7.69. The molecular weight excluding hydrogens is 222 g/mol. The van der Waals surface area contributed by atoms with Gasteiger partial charge in [0.25, 0.3) is 0 Å². The maximum Gasteiger partial charge on any atom is 0.0242 e. The summed E-state index contributed by atoms with van der Waals surface area (Å²) in [6.45, 7) is 14.4. The zero-order valence-electron chi connectivity index (χ0n) is 12.9. The van der Waals surface area contributed by atoms with Gasteiger partial charge in [0.15, 0.2) is 0 Å². The second-order valence-corrected chi connectivity index (χ2v) is 6.76. The van der Waals surface area contributed by atoms with Crippen LogP contribution >= 0.6 is 0 Å². The van der Waals surface area contributed by atoms with Crippen molar-refractivity contribution in [3.8, 4) is 0 Å². The molecular formula is C15H31N3. The number of nitrogens with zero attached hydrogens (tertiary/aromatic N) is 3. The summed E-state index contributed by atoms with van der Waals surface area (Å²) in [4.78, 5) is 7.88. The summed E-state index contributed by atoms with van der Waals surface area (Å²) < 4.78 is 0. The Kier molecular flexibility index (Phi) is 4.68. The molecule has 0 aliphatic carbocycles. The third kappa shape index (κ3) is 3.06. The molecule has 106 valence electrons. The predicted octanol–water partition coefficient (Wildman–Crippen LogP) is 1.88. The number of likely N-dealkylation sites (tertiary alicyclic amines) is 2. The van der Waals surface area contributed by atoms with Crippen molar-refractivity contribution in [3.05, 3.63) is 0 Å². The lowest BCUT2D eigenvalue weighted by molar-refractivity contribution is 0.100. The van der Waals surface area contributed by atoms with Crippen molar-refractivity contribution in [1.82, 2.24) is 14.7 Å². The van der Waals surface area contributed by atoms with E-state index >= 15 is 0 Å². The van der Waals surface area contributed by atoms with Gasteiger partial charge < -0.3 is 4.90 Å². The fourth-order valence-corrected chi connectivity index (χ4v) is 3.47. The van der Waals surface area contributed by atoms with Gasteiger partial charge in [-0.05, 0) is 60.7 Å². The number of piperazine rings is 1. The van der Waals surface area contributed by atoms with Crippen molar-refractivity contribution in [1.29, 1.82) is 0 Å². The minimum absolute atomic E-state index is 0.677. The monoisotopic (exact) mass is 253 g/mol. The van der Waals surface area contributed by atoms with Crippen LogP contribution < -0.4 is 0 Å². The van der Waals surface area contributed by atoms with Gasteiger partial charge in [-0.15, -0.1) is 0 Å². The summed E-state index contributed by atoms with van der Waals surface area (Å²) in [5, 5.41) is 0. The standard InChI is InChI=1S/C15H31N3/c1-12(2)16(5)7-6-8-17-10-15-9-14(17)11-18(15)13(3)4/h12-15H,6-11H2,1-5H3. The van der Waals surface area contributed by atoms with Crippen LogP contribution in [0.2, 0.25) is 0 Å². The van der Waals surface area contributed by atoms with Crippen molar-refractivity contribution in [2.45, 2.75) is 64.7 Å². The quantitative estimate of drug-likeness (QED) is 0.716. The Balaban J connectivity index is 1.69. The molecule has 0 aromatic heterocycles. The minimum atomic E-state index is 0.677. The molecule has 0 aromatic rings. The van der Waals surface area contributed by atoms with Crippen LogP contribution in [0.3, 0.4) is 0 Å². The second kappa shape index (κ2) is 5.89. The highest BCUT2D eigenvalue weighted by Crippen LogP contribution is 2.31. The highest BCUT2D eigenvalue weighted by molar-refractivity contribution is 5.00. The van der Waals surface area contributed by atoms with Crippen LogP contribution in [0.4, 0.5) is 0 Å². The molecule has 18 heavy (non-hydrogen) atoms. The molecule has 0 N–H and O–H groups in total. The molecule has 2 saturated heterocycles. The van der Waals surface area contributed by atoms with Gasteiger partial charge in [0.2, 0.25) is 0 Å². The Morgan fingerprint density at radius 3 is 2.33 bits per heavy atom. The van der Waals surface area contributed by atoms with Crippen LogP contribution in [0.15, 0.2) is 0 Å². The summed E-state index contributed by atoms with van der Waals surface area (Å²) in [6, 6.07) is 3.10. The first-order chi connectivity index (χ1) is 8.49. The lowest BCUT2D eigenvalue weighted by atomic mass is 10.2. The molecule has 2 aliphatic heterocycles. The van der Waals surface area contributed by atoms with Crippen molar-refractivity contribution >= 4 is 0 Å². The van der Waals surface area contributed by atoms with Crippen molar-refractivity contribution < 1.29 is 0 Å². The van der Waals surface area contributed by atoms with Crippen LogP contribution in [0, 0.1) is 0 Å². The van der Waals surface area contributed by atoms with Crippen LogP contribution in [-0.2, 0) is 0 Å². The molecule has 2 bridgehead atoms. The van der Waals surface area contributed by atoms with Gasteiger partial charge in [-0.2, -0.15) is 0 Å². The number of hydrogen-bond acceptors (Lipinski definition) is 3. The third-order valence-corrected chi connectivity index (χ3v) is 4.90. The molecule has 2 aliphatic rings. The van der Waals surface area contributed by atoms with Crippen LogP contribution in [0.5, 0.6) is 0 Å². The lowest BCUT2D eigenvalue weighted by Crippen LogP contribution is -2.49. The smallest absolute Gasteiger partial charge is 0.0242 e. The number of hydrogen-bond donors (Lipinski definition) is 0. The van der Waals surface area contributed by atoms with Gasteiger partial charge in [0.1, 0.15) is 0 Å². The molecule has 0 aromatic carbocycles. The Labute approximate surface area is 113 Å². The fraction of sp³-hybridized carbons (Fsp3) is 1.00. The van der Waals surface area contributed by atoms with Crippen LogP contribution in [0.1, 0.15) is 40.5 Å². The molecule has 2 unspecified atom stereocenters. The van der Waals surface area contributed by atoms with E-state index in [0.29, 0.717) is 6.04 Å². The summed E-state index contributed by atoms with van der Waals surface area (Å²) in [5.41, 5.74) is 0. The molecule has 0 saturated carbocycles. The van der Waals surface area contributed by atoms with Crippen molar-refractivity contribution in [2.75, 3.05) is 33.2 Å². The molecule has 0 radical (unpaired) electrons. The first-order valence-corrected chi connectivity index (χ1v) is 7.69. The topological polar surface area (TPSA) is 9.72 Å². The zero-order chi connectivity index (χ0) is 13.3. The van der Waals surface area contributed by atoms with Gasteiger partial charge in [-0.3, -0.25) is 9.80 Å². The van der Waals surface area contributed by atoms with Gasteiger partial charge in [-0.25, -0.2) is 0 Å². The highest BCUT2D eigenvalue weighted by Gasteiger charge is 2.43. The average Bonchev–Trinajstić information content (AvgIpc) is 2.87. The largest absolute Gasteiger partial charge is 0.304 e. The van der Waals surface area contributed by atoms with E-state index in [0.717, 1.165) is 18.1 Å². The average molecular weight is 253 g/mol. The lowest BCUT2D eigenvalue weighted by Gasteiger charge is -2.36. The summed E-state index contributed by atoms with van der Waals surface area (Å²) in [5.74, 6) is 0. The van der Waals surface area contributed by atoms with E-state index in [4.69, 9.17) is 0 Å². The van der Waals surface area contributed by atoms with Gasteiger partial charge in [-0.1, -0.05) is 0 Å². The third-order valence-electron chi connectivity index (χ3n) is 4.90. The van der Waals surface area contributed by atoms with Crippen molar-refractivity contribution in [2.24, 2.45) is 0 Å². The van der Waals surface area contributed by atoms with Gasteiger partial charge in [0.05, 0.1) is 0 Å². The Hall–Kier alpha value is -0.120. The van der Waals surface area contributed by atoms with Crippen molar-refractivity contribution in [3.63, 3.8) is 0 Å². The summed E-state index contributed by atoms with van der Waals surface area (Å²) in [6.07, 6.45) is 2.73. The second-order valence-electron chi connectivity index (χ2n) is 6.76. The molecule has 2 atom stereocenters. The van der Waals surface area contributed by atoms with E-state index in [2.05, 4.69) is 49.4 Å². The van der Waals surface area contributed by atoms with E-state index < -0.39 is 0 Å². The zero-order valence-corrected chi connectivity index (χ0v) is 12.9. The minimum Gasteiger partial charge on any atom is -0.304 e.